The molecule has 0 aliphatic carbocycles. The Morgan fingerprint density at radius 2 is 2.06 bits per heavy atom. The summed E-state index contributed by atoms with van der Waals surface area (Å²) >= 11 is 0. The molecule has 1 aromatic rings. The van der Waals surface area contributed by atoms with Gasteiger partial charge >= 0.3 is 0 Å². The van der Waals surface area contributed by atoms with E-state index in [2.05, 4.69) is 9.71 Å². The topological polar surface area (TPSA) is 85.1 Å². The van der Waals surface area contributed by atoms with E-state index in [0.29, 0.717) is 12.8 Å². The third kappa shape index (κ3) is 3.04. The molecule has 0 bridgehead atoms. The summed E-state index contributed by atoms with van der Waals surface area (Å²) in [5.41, 5.74) is 4.85. The summed E-state index contributed by atoms with van der Waals surface area (Å²) in [6, 6.07) is 2.40. The van der Waals surface area contributed by atoms with Crippen molar-refractivity contribution < 1.29 is 12.8 Å². The van der Waals surface area contributed by atoms with Gasteiger partial charge in [0.25, 0.3) is 10.0 Å². The molecule has 0 amide bonds. The highest BCUT2D eigenvalue weighted by Gasteiger charge is 2.32. The molecular weight excluding hydrogens is 257 g/mol. The molecule has 0 fully saturated rings. The van der Waals surface area contributed by atoms with Crippen LogP contribution in [0.1, 0.15) is 26.7 Å². The van der Waals surface area contributed by atoms with Gasteiger partial charge in [0.1, 0.15) is 0 Å². The molecule has 18 heavy (non-hydrogen) atoms. The van der Waals surface area contributed by atoms with Crippen molar-refractivity contribution in [2.45, 2.75) is 37.3 Å². The lowest BCUT2D eigenvalue weighted by Crippen LogP contribution is -2.52. The smallest absolute Gasteiger partial charge is 0.261 e. The van der Waals surface area contributed by atoms with E-state index in [1.54, 1.807) is 0 Å². The minimum absolute atomic E-state index is 0.147. The molecule has 0 saturated carbocycles. The first-order valence-electron chi connectivity index (χ1n) is 5.75. The molecule has 0 unspecified atom stereocenters. The minimum Gasteiger partial charge on any atom is -0.329 e. The van der Waals surface area contributed by atoms with Gasteiger partial charge in [-0.1, -0.05) is 13.8 Å². The van der Waals surface area contributed by atoms with Gasteiger partial charge in [-0.15, -0.1) is 0 Å². The van der Waals surface area contributed by atoms with Crippen molar-refractivity contribution in [1.29, 1.82) is 0 Å². The van der Waals surface area contributed by atoms with Gasteiger partial charge in [-0.25, -0.2) is 22.5 Å². The largest absolute Gasteiger partial charge is 0.329 e. The monoisotopic (exact) mass is 275 g/mol. The summed E-state index contributed by atoms with van der Waals surface area (Å²) in [6.45, 7) is 3.80. The molecule has 5 nitrogen and oxygen atoms in total. The molecule has 1 heterocycles. The lowest BCUT2D eigenvalue weighted by atomic mass is 9.95. The second kappa shape index (κ2) is 5.73. The molecule has 0 saturated heterocycles. The average Bonchev–Trinajstić information content (AvgIpc) is 2.36. The van der Waals surface area contributed by atoms with E-state index in [0.717, 1.165) is 6.07 Å². The summed E-state index contributed by atoms with van der Waals surface area (Å²) in [4.78, 5) is 3.57. The van der Waals surface area contributed by atoms with Gasteiger partial charge in [0, 0.05) is 18.3 Å². The van der Waals surface area contributed by atoms with Crippen LogP contribution >= 0.6 is 0 Å². The molecular formula is C11H18FN3O2S. The fourth-order valence-corrected chi connectivity index (χ4v) is 3.19. The van der Waals surface area contributed by atoms with Gasteiger partial charge in [0.15, 0.2) is 5.82 Å². The molecule has 1 rings (SSSR count). The van der Waals surface area contributed by atoms with Crippen molar-refractivity contribution in [3.8, 4) is 0 Å². The molecule has 0 aromatic carbocycles. The van der Waals surface area contributed by atoms with Crippen LogP contribution in [0, 0.1) is 5.82 Å². The maximum absolute atomic E-state index is 13.5. The fraction of sp³-hybridized carbons (Fsp3) is 0.545. The van der Waals surface area contributed by atoms with Gasteiger partial charge in [0.05, 0.1) is 0 Å². The molecule has 0 aliphatic rings. The van der Waals surface area contributed by atoms with E-state index in [-0.39, 0.29) is 6.54 Å². The number of nitrogens with zero attached hydrogens (tertiary/aromatic N) is 1. The molecule has 0 aliphatic heterocycles. The fourth-order valence-electron chi connectivity index (χ4n) is 1.63. The number of sulfonamides is 1. The van der Waals surface area contributed by atoms with Crippen LogP contribution < -0.4 is 10.5 Å². The average molecular weight is 275 g/mol. The Balaban J connectivity index is 3.13. The number of rotatable bonds is 6. The van der Waals surface area contributed by atoms with Crippen molar-refractivity contribution in [2.75, 3.05) is 6.54 Å². The number of nitrogens with one attached hydrogen (secondary N) is 1. The second-order valence-corrected chi connectivity index (χ2v) is 5.69. The van der Waals surface area contributed by atoms with Gasteiger partial charge in [-0.05, 0) is 25.0 Å². The van der Waals surface area contributed by atoms with Crippen LogP contribution in [-0.2, 0) is 10.0 Å². The zero-order valence-electron chi connectivity index (χ0n) is 10.5. The Morgan fingerprint density at radius 3 is 2.50 bits per heavy atom. The predicted octanol–water partition coefficient (Wildman–Crippen LogP) is 1.02. The van der Waals surface area contributed by atoms with Crippen molar-refractivity contribution in [2.24, 2.45) is 5.73 Å². The van der Waals surface area contributed by atoms with E-state index in [1.807, 2.05) is 13.8 Å². The summed E-state index contributed by atoms with van der Waals surface area (Å²) < 4.78 is 40.1. The van der Waals surface area contributed by atoms with Gasteiger partial charge in [-0.3, -0.25) is 0 Å². The van der Waals surface area contributed by atoms with Crippen LogP contribution in [0.3, 0.4) is 0 Å². The molecule has 0 spiro atoms. The molecule has 102 valence electrons. The van der Waals surface area contributed by atoms with Crippen molar-refractivity contribution in [3.05, 3.63) is 24.1 Å². The number of hydrogen-bond acceptors (Lipinski definition) is 4. The van der Waals surface area contributed by atoms with E-state index < -0.39 is 26.4 Å². The Labute approximate surface area is 107 Å². The Bertz CT molecular complexity index is 493. The maximum atomic E-state index is 13.5. The van der Waals surface area contributed by atoms with Crippen LogP contribution in [0.15, 0.2) is 23.4 Å². The first kappa shape index (κ1) is 15.0. The number of hydrogen-bond donors (Lipinski definition) is 2. The van der Waals surface area contributed by atoms with Crippen molar-refractivity contribution in [3.63, 3.8) is 0 Å². The Kier molecular flexibility index (Phi) is 4.78. The first-order valence-corrected chi connectivity index (χ1v) is 7.23. The zero-order chi connectivity index (χ0) is 13.8. The van der Waals surface area contributed by atoms with E-state index in [9.17, 15) is 12.8 Å². The van der Waals surface area contributed by atoms with Crippen LogP contribution in [0.2, 0.25) is 0 Å². The summed E-state index contributed by atoms with van der Waals surface area (Å²) in [6.07, 6.45) is 2.28. The lowest BCUT2D eigenvalue weighted by Gasteiger charge is -2.30. The second-order valence-electron chi connectivity index (χ2n) is 4.09. The standard InChI is InChI=1S/C11H18FN3O2S/c1-3-11(4-2,8-13)15-18(16,17)10-9(12)6-5-7-14-10/h5-7,15H,3-4,8,13H2,1-2H3. The van der Waals surface area contributed by atoms with E-state index in [1.165, 1.54) is 12.3 Å². The number of halogens is 1. The molecule has 1 aromatic heterocycles. The third-order valence-corrected chi connectivity index (χ3v) is 4.59. The van der Waals surface area contributed by atoms with E-state index in [4.69, 9.17) is 5.73 Å². The molecule has 0 atom stereocenters. The zero-order valence-corrected chi connectivity index (χ0v) is 11.3. The van der Waals surface area contributed by atoms with Gasteiger partial charge in [-0.2, -0.15) is 0 Å². The molecule has 7 heteroatoms. The highest BCUT2D eigenvalue weighted by atomic mass is 32.2. The summed E-state index contributed by atoms with van der Waals surface area (Å²) in [7, 11) is -4.00. The molecule has 0 radical (unpaired) electrons. The molecule has 3 N–H and O–H groups in total. The van der Waals surface area contributed by atoms with Crippen LogP contribution in [0.4, 0.5) is 4.39 Å². The first-order chi connectivity index (χ1) is 8.40. The maximum Gasteiger partial charge on any atom is 0.261 e. The van der Waals surface area contributed by atoms with Crippen molar-refractivity contribution in [1.82, 2.24) is 9.71 Å². The van der Waals surface area contributed by atoms with Crippen molar-refractivity contribution >= 4 is 10.0 Å². The highest BCUT2D eigenvalue weighted by Crippen LogP contribution is 2.18. The van der Waals surface area contributed by atoms with Gasteiger partial charge in [0.2, 0.25) is 5.03 Å². The quantitative estimate of drug-likeness (QED) is 0.811. The summed E-state index contributed by atoms with van der Waals surface area (Å²) in [5, 5.41) is -0.593. The number of nitrogens with two attached hydrogens (primary N) is 1. The highest BCUT2D eigenvalue weighted by molar-refractivity contribution is 7.89. The van der Waals surface area contributed by atoms with Crippen LogP contribution in [0.5, 0.6) is 0 Å². The normalized spacial score (nSPS) is 12.7. The van der Waals surface area contributed by atoms with E-state index >= 15 is 0 Å². The minimum atomic E-state index is -4.00. The predicted molar refractivity (Wildman–Crippen MR) is 66.9 cm³/mol. The number of pyridine rings is 1. The Morgan fingerprint density at radius 1 is 1.44 bits per heavy atom. The lowest BCUT2D eigenvalue weighted by molar-refractivity contribution is 0.361. The Hall–Kier alpha value is -1.05. The number of aromatic nitrogens is 1. The third-order valence-electron chi connectivity index (χ3n) is 3.07. The van der Waals surface area contributed by atoms with Crippen LogP contribution in [0.25, 0.3) is 0 Å². The SMILES string of the molecule is CCC(CC)(CN)NS(=O)(=O)c1ncccc1F. The van der Waals surface area contributed by atoms with Gasteiger partial charge < -0.3 is 5.73 Å². The summed E-state index contributed by atoms with van der Waals surface area (Å²) in [5.74, 6) is -0.872. The van der Waals surface area contributed by atoms with Crippen LogP contribution in [-0.4, -0.2) is 25.5 Å².